The van der Waals surface area contributed by atoms with Gasteiger partial charge in [0.05, 0.1) is 12.2 Å². The van der Waals surface area contributed by atoms with Crippen LogP contribution in [-0.2, 0) is 20.4 Å². The molecule has 1 amide bonds. The molecule has 1 saturated heterocycles. The van der Waals surface area contributed by atoms with Gasteiger partial charge in [0.2, 0.25) is 0 Å². The van der Waals surface area contributed by atoms with Crippen LogP contribution in [0, 0.1) is 5.82 Å². The van der Waals surface area contributed by atoms with Crippen molar-refractivity contribution >= 4 is 12.1 Å². The van der Waals surface area contributed by atoms with E-state index < -0.39 is 48.3 Å². The summed E-state index contributed by atoms with van der Waals surface area (Å²) in [5.41, 5.74) is -0.384. The maximum Gasteiger partial charge on any atom is 0.416 e. The molecule has 1 aliphatic heterocycles. The fraction of sp³-hybridized carbons (Fsp3) is 0.300. The van der Waals surface area contributed by atoms with Crippen molar-refractivity contribution in [2.45, 2.75) is 25.2 Å². The van der Waals surface area contributed by atoms with Crippen molar-refractivity contribution in [2.24, 2.45) is 0 Å². The van der Waals surface area contributed by atoms with Gasteiger partial charge in [-0.15, -0.1) is 0 Å². The molecule has 0 aliphatic carbocycles. The Bertz CT molecular complexity index is 898. The lowest BCUT2D eigenvalue weighted by atomic mass is 9.94. The number of amides is 1. The number of esters is 1. The Labute approximate surface area is 163 Å². The summed E-state index contributed by atoms with van der Waals surface area (Å²) >= 11 is 0. The van der Waals surface area contributed by atoms with Gasteiger partial charge in [-0.05, 0) is 42.3 Å². The fourth-order valence-corrected chi connectivity index (χ4v) is 3.18. The molecule has 0 saturated carbocycles. The lowest BCUT2D eigenvalue weighted by Gasteiger charge is -2.25. The molecular weight excluding hydrogens is 394 g/mol. The highest BCUT2D eigenvalue weighted by Gasteiger charge is 2.45. The monoisotopic (exact) mass is 411 g/mol. The first-order chi connectivity index (χ1) is 13.7. The molecule has 2 atom stereocenters. The van der Waals surface area contributed by atoms with Crippen LogP contribution in [-0.4, -0.2) is 30.1 Å². The van der Waals surface area contributed by atoms with Gasteiger partial charge in [0, 0.05) is 0 Å². The maximum atomic E-state index is 13.4. The average Bonchev–Trinajstić information content (AvgIpc) is 2.98. The predicted octanol–water partition coefficient (Wildman–Crippen LogP) is 4.64. The Morgan fingerprint density at radius 3 is 2.45 bits per heavy atom. The summed E-state index contributed by atoms with van der Waals surface area (Å²) < 4.78 is 62.9. The predicted molar refractivity (Wildman–Crippen MR) is 93.1 cm³/mol. The van der Waals surface area contributed by atoms with Crippen molar-refractivity contribution in [3.8, 4) is 0 Å². The van der Waals surface area contributed by atoms with E-state index in [9.17, 15) is 27.2 Å². The zero-order valence-electron chi connectivity index (χ0n) is 15.3. The molecule has 0 N–H and O–H groups in total. The van der Waals surface area contributed by atoms with Gasteiger partial charge in [0.25, 0.3) is 0 Å². The number of rotatable bonds is 5. The number of ether oxygens (including phenoxy) is 2. The van der Waals surface area contributed by atoms with E-state index in [2.05, 4.69) is 0 Å². The first-order valence-electron chi connectivity index (χ1n) is 8.76. The molecule has 0 radical (unpaired) electrons. The van der Waals surface area contributed by atoms with Crippen LogP contribution in [0.25, 0.3) is 0 Å². The Hall–Kier alpha value is -3.10. The molecule has 3 rings (SSSR count). The minimum atomic E-state index is -4.57. The van der Waals surface area contributed by atoms with Crippen LogP contribution in [0.15, 0.2) is 48.5 Å². The van der Waals surface area contributed by atoms with Crippen LogP contribution in [0.5, 0.6) is 0 Å². The van der Waals surface area contributed by atoms with E-state index in [-0.39, 0.29) is 12.2 Å². The Morgan fingerprint density at radius 1 is 1.14 bits per heavy atom. The third-order valence-electron chi connectivity index (χ3n) is 4.44. The van der Waals surface area contributed by atoms with Gasteiger partial charge in [-0.3, -0.25) is 9.69 Å². The van der Waals surface area contributed by atoms with Gasteiger partial charge in [0.1, 0.15) is 18.4 Å². The second-order valence-electron chi connectivity index (χ2n) is 6.36. The molecule has 29 heavy (non-hydrogen) atoms. The normalized spacial score (nSPS) is 19.2. The van der Waals surface area contributed by atoms with Gasteiger partial charge in [0.15, 0.2) is 6.10 Å². The highest BCUT2D eigenvalue weighted by atomic mass is 19.4. The number of hydrogen-bond donors (Lipinski definition) is 0. The maximum absolute atomic E-state index is 13.4. The van der Waals surface area contributed by atoms with E-state index in [1.165, 1.54) is 24.3 Å². The van der Waals surface area contributed by atoms with Gasteiger partial charge in [-0.1, -0.05) is 24.3 Å². The summed E-state index contributed by atoms with van der Waals surface area (Å²) in [5, 5.41) is 0. The number of carbonyl (C=O) groups excluding carboxylic acids is 2. The summed E-state index contributed by atoms with van der Waals surface area (Å²) in [6.07, 6.45) is -6.58. The standard InChI is InChI=1S/C20H17F4NO4/c1-2-28-16(26)11-25-17(12-6-8-15(21)9-7-12)18(29-19(25)27)13-4-3-5-14(10-13)20(22,23)24/h3-10,17-18H,2,11H2,1H3. The van der Waals surface area contributed by atoms with Crippen molar-refractivity contribution in [3.05, 3.63) is 71.0 Å². The molecule has 5 nitrogen and oxygen atoms in total. The van der Waals surface area contributed by atoms with E-state index in [0.717, 1.165) is 29.2 Å². The van der Waals surface area contributed by atoms with Crippen molar-refractivity contribution in [1.82, 2.24) is 4.90 Å². The minimum Gasteiger partial charge on any atom is -0.465 e. The number of carbonyl (C=O) groups is 2. The number of cyclic esters (lactones) is 1. The quantitative estimate of drug-likeness (QED) is 0.531. The van der Waals surface area contributed by atoms with Crippen LogP contribution < -0.4 is 0 Å². The molecular formula is C20H17F4NO4. The third-order valence-corrected chi connectivity index (χ3v) is 4.44. The zero-order chi connectivity index (χ0) is 21.2. The van der Waals surface area contributed by atoms with Crippen molar-refractivity contribution in [3.63, 3.8) is 0 Å². The smallest absolute Gasteiger partial charge is 0.416 e. The van der Waals surface area contributed by atoms with E-state index in [1.54, 1.807) is 6.92 Å². The van der Waals surface area contributed by atoms with Gasteiger partial charge < -0.3 is 9.47 Å². The number of nitrogens with zero attached hydrogens (tertiary/aromatic N) is 1. The van der Waals surface area contributed by atoms with Crippen LogP contribution in [0.1, 0.15) is 35.8 Å². The second kappa shape index (κ2) is 8.10. The van der Waals surface area contributed by atoms with Gasteiger partial charge in [-0.25, -0.2) is 9.18 Å². The van der Waals surface area contributed by atoms with Crippen LogP contribution in [0.4, 0.5) is 22.4 Å². The number of alkyl halides is 3. The Balaban J connectivity index is 2.02. The molecule has 2 unspecified atom stereocenters. The topological polar surface area (TPSA) is 55.8 Å². The Morgan fingerprint density at radius 2 is 1.83 bits per heavy atom. The third kappa shape index (κ3) is 4.49. The van der Waals surface area contributed by atoms with Crippen molar-refractivity contribution < 1.29 is 36.6 Å². The largest absolute Gasteiger partial charge is 0.465 e. The molecule has 0 bridgehead atoms. The van der Waals surface area contributed by atoms with Crippen LogP contribution >= 0.6 is 0 Å². The highest BCUT2D eigenvalue weighted by Crippen LogP contribution is 2.44. The molecule has 9 heteroatoms. The number of benzene rings is 2. The fourth-order valence-electron chi connectivity index (χ4n) is 3.18. The average molecular weight is 411 g/mol. The second-order valence-corrected chi connectivity index (χ2v) is 6.36. The van der Waals surface area contributed by atoms with E-state index >= 15 is 0 Å². The summed E-state index contributed by atoms with van der Waals surface area (Å²) in [6, 6.07) is 8.57. The summed E-state index contributed by atoms with van der Waals surface area (Å²) in [7, 11) is 0. The lowest BCUT2D eigenvalue weighted by Crippen LogP contribution is -2.34. The summed E-state index contributed by atoms with van der Waals surface area (Å²) in [5.74, 6) is -1.21. The summed E-state index contributed by atoms with van der Waals surface area (Å²) in [4.78, 5) is 25.4. The first kappa shape index (κ1) is 20.6. The highest BCUT2D eigenvalue weighted by molar-refractivity contribution is 5.80. The lowest BCUT2D eigenvalue weighted by molar-refractivity contribution is -0.144. The van der Waals surface area contributed by atoms with E-state index in [1.807, 2.05) is 0 Å². The molecule has 0 aromatic heterocycles. The van der Waals surface area contributed by atoms with Crippen molar-refractivity contribution in [2.75, 3.05) is 13.2 Å². The van der Waals surface area contributed by atoms with Crippen LogP contribution in [0.2, 0.25) is 0 Å². The summed E-state index contributed by atoms with van der Waals surface area (Å²) in [6.45, 7) is 1.24. The number of hydrogen-bond acceptors (Lipinski definition) is 4. The molecule has 1 heterocycles. The van der Waals surface area contributed by atoms with E-state index in [0.29, 0.717) is 5.56 Å². The molecule has 2 aromatic carbocycles. The SMILES string of the molecule is CCOC(=O)CN1C(=O)OC(c2cccc(C(F)(F)F)c2)C1c1ccc(F)cc1. The molecule has 154 valence electrons. The first-order valence-corrected chi connectivity index (χ1v) is 8.76. The van der Waals surface area contributed by atoms with Crippen LogP contribution in [0.3, 0.4) is 0 Å². The number of halogens is 4. The Kier molecular flexibility index (Phi) is 5.76. The zero-order valence-corrected chi connectivity index (χ0v) is 15.3. The van der Waals surface area contributed by atoms with Crippen molar-refractivity contribution in [1.29, 1.82) is 0 Å². The molecule has 1 aliphatic rings. The van der Waals surface area contributed by atoms with E-state index in [4.69, 9.17) is 9.47 Å². The molecule has 0 spiro atoms. The van der Waals surface area contributed by atoms with Gasteiger partial charge >= 0.3 is 18.2 Å². The molecule has 1 fully saturated rings. The minimum absolute atomic E-state index is 0.0972. The molecule has 2 aromatic rings. The van der Waals surface area contributed by atoms with Gasteiger partial charge in [-0.2, -0.15) is 13.2 Å².